The first-order chi connectivity index (χ1) is 11.5. The Morgan fingerprint density at radius 2 is 1.92 bits per heavy atom. The summed E-state index contributed by atoms with van der Waals surface area (Å²) < 4.78 is 5.39. The highest BCUT2D eigenvalue weighted by atomic mass is 16.5. The Kier molecular flexibility index (Phi) is 4.90. The summed E-state index contributed by atoms with van der Waals surface area (Å²) in [5, 5.41) is 0. The molecule has 2 saturated heterocycles. The van der Waals surface area contributed by atoms with E-state index in [4.69, 9.17) is 4.74 Å². The van der Waals surface area contributed by atoms with E-state index in [9.17, 15) is 9.59 Å². The second-order valence-corrected chi connectivity index (χ2v) is 7.07. The van der Waals surface area contributed by atoms with E-state index in [-0.39, 0.29) is 17.9 Å². The second kappa shape index (κ2) is 6.93. The number of para-hydroxylation sites is 1. The summed E-state index contributed by atoms with van der Waals surface area (Å²) in [6, 6.07) is 9.33. The van der Waals surface area contributed by atoms with Crippen LogP contribution in [0.2, 0.25) is 0 Å². The number of likely N-dealkylation sites (N-methyl/N-ethyl adjacent to an activating group) is 1. The van der Waals surface area contributed by atoms with Crippen molar-refractivity contribution in [1.29, 1.82) is 0 Å². The zero-order valence-corrected chi connectivity index (χ0v) is 14.5. The van der Waals surface area contributed by atoms with Crippen LogP contribution in [0.1, 0.15) is 32.6 Å². The molecule has 1 atom stereocenters. The first kappa shape index (κ1) is 17.0. The average molecular weight is 330 g/mol. The van der Waals surface area contributed by atoms with Gasteiger partial charge in [0.15, 0.2) is 0 Å². The first-order valence-corrected chi connectivity index (χ1v) is 8.74. The highest BCUT2D eigenvalue weighted by Crippen LogP contribution is 2.33. The highest BCUT2D eigenvalue weighted by Gasteiger charge is 2.42. The van der Waals surface area contributed by atoms with Crippen LogP contribution in [-0.4, -0.2) is 49.6 Å². The number of carbonyl (C=O) groups is 2. The number of hydrogen-bond acceptors (Lipinski definition) is 3. The number of piperidine rings is 1. The molecule has 0 bridgehead atoms. The molecule has 1 aromatic rings. The Bertz CT molecular complexity index is 596. The second-order valence-electron chi connectivity index (χ2n) is 7.07. The molecule has 1 aromatic carbocycles. The van der Waals surface area contributed by atoms with Gasteiger partial charge in [-0.15, -0.1) is 0 Å². The Hall–Kier alpha value is -1.88. The summed E-state index contributed by atoms with van der Waals surface area (Å²) >= 11 is 0. The molecule has 2 fully saturated rings. The number of carbonyl (C=O) groups excluding carboxylic acids is 2. The molecule has 130 valence electrons. The normalized spacial score (nSPS) is 23.8. The van der Waals surface area contributed by atoms with E-state index in [2.05, 4.69) is 0 Å². The van der Waals surface area contributed by atoms with Crippen LogP contribution >= 0.6 is 0 Å². The lowest BCUT2D eigenvalue weighted by molar-refractivity contribution is -0.151. The Labute approximate surface area is 143 Å². The smallest absolute Gasteiger partial charge is 0.249 e. The van der Waals surface area contributed by atoms with Crippen molar-refractivity contribution in [3.05, 3.63) is 30.3 Å². The SMILES string of the molecule is CN(C(=O)C1(C)CCOCC1)[C@@H]1CCCN(c2ccccc2)C1=O. The molecular weight excluding hydrogens is 304 g/mol. The first-order valence-electron chi connectivity index (χ1n) is 8.74. The van der Waals surface area contributed by atoms with Crippen LogP contribution in [-0.2, 0) is 14.3 Å². The zero-order valence-electron chi connectivity index (χ0n) is 14.5. The third-order valence-electron chi connectivity index (χ3n) is 5.38. The van der Waals surface area contributed by atoms with E-state index in [1.165, 1.54) is 0 Å². The van der Waals surface area contributed by atoms with E-state index in [0.717, 1.165) is 31.4 Å². The molecule has 0 spiro atoms. The maximum absolute atomic E-state index is 13.0. The van der Waals surface area contributed by atoms with Crippen molar-refractivity contribution in [2.45, 2.75) is 38.6 Å². The van der Waals surface area contributed by atoms with Gasteiger partial charge in [-0.05, 0) is 37.8 Å². The van der Waals surface area contributed by atoms with Gasteiger partial charge in [0, 0.05) is 32.5 Å². The predicted octanol–water partition coefficient (Wildman–Crippen LogP) is 2.46. The van der Waals surface area contributed by atoms with E-state index in [1.807, 2.05) is 42.2 Å². The van der Waals surface area contributed by atoms with Crippen LogP contribution in [0.5, 0.6) is 0 Å². The monoisotopic (exact) mass is 330 g/mol. The summed E-state index contributed by atoms with van der Waals surface area (Å²) in [6.07, 6.45) is 3.08. The number of ether oxygens (including phenoxy) is 1. The minimum atomic E-state index is -0.414. The maximum atomic E-state index is 13.0. The number of anilines is 1. The van der Waals surface area contributed by atoms with Gasteiger partial charge in [0.1, 0.15) is 6.04 Å². The van der Waals surface area contributed by atoms with Crippen LogP contribution in [0.4, 0.5) is 5.69 Å². The molecular formula is C19H26N2O3. The van der Waals surface area contributed by atoms with Gasteiger partial charge < -0.3 is 14.5 Å². The Morgan fingerprint density at radius 1 is 1.25 bits per heavy atom. The summed E-state index contributed by atoms with van der Waals surface area (Å²) in [5.41, 5.74) is 0.493. The molecule has 2 aliphatic rings. The van der Waals surface area contributed by atoms with Crippen molar-refractivity contribution in [2.24, 2.45) is 5.41 Å². The van der Waals surface area contributed by atoms with Gasteiger partial charge in [0.2, 0.25) is 11.8 Å². The summed E-state index contributed by atoms with van der Waals surface area (Å²) in [7, 11) is 1.78. The van der Waals surface area contributed by atoms with Crippen molar-refractivity contribution in [1.82, 2.24) is 4.90 Å². The molecule has 0 N–H and O–H groups in total. The largest absolute Gasteiger partial charge is 0.381 e. The fourth-order valence-corrected chi connectivity index (χ4v) is 3.68. The van der Waals surface area contributed by atoms with Crippen LogP contribution < -0.4 is 4.90 Å². The summed E-state index contributed by atoms with van der Waals surface area (Å²) in [6.45, 7) is 3.94. The number of benzene rings is 1. The fraction of sp³-hybridized carbons (Fsp3) is 0.579. The van der Waals surface area contributed by atoms with Crippen molar-refractivity contribution in [3.63, 3.8) is 0 Å². The Balaban J connectivity index is 1.75. The average Bonchev–Trinajstić information content (AvgIpc) is 2.62. The molecule has 0 unspecified atom stereocenters. The van der Waals surface area contributed by atoms with Gasteiger partial charge in [-0.2, -0.15) is 0 Å². The van der Waals surface area contributed by atoms with Crippen molar-refractivity contribution in [3.8, 4) is 0 Å². The number of rotatable bonds is 3. The molecule has 2 aliphatic heterocycles. The maximum Gasteiger partial charge on any atom is 0.249 e. The van der Waals surface area contributed by atoms with Gasteiger partial charge in [0.05, 0.1) is 5.41 Å². The topological polar surface area (TPSA) is 49.9 Å². The summed E-state index contributed by atoms with van der Waals surface area (Å²) in [4.78, 5) is 29.5. The van der Waals surface area contributed by atoms with Crippen LogP contribution in [0.25, 0.3) is 0 Å². The highest BCUT2D eigenvalue weighted by molar-refractivity contribution is 6.00. The summed E-state index contributed by atoms with van der Waals surface area (Å²) in [5.74, 6) is 0.0954. The number of nitrogens with zero attached hydrogens (tertiary/aromatic N) is 2. The van der Waals surface area contributed by atoms with E-state index >= 15 is 0 Å². The van der Waals surface area contributed by atoms with E-state index in [1.54, 1.807) is 11.9 Å². The number of amides is 2. The predicted molar refractivity (Wildman–Crippen MR) is 92.7 cm³/mol. The molecule has 0 aliphatic carbocycles. The minimum absolute atomic E-state index is 0.0268. The molecule has 3 rings (SSSR count). The van der Waals surface area contributed by atoms with E-state index in [0.29, 0.717) is 19.8 Å². The van der Waals surface area contributed by atoms with Gasteiger partial charge in [-0.3, -0.25) is 9.59 Å². The zero-order chi connectivity index (χ0) is 17.2. The van der Waals surface area contributed by atoms with Crippen molar-refractivity contribution >= 4 is 17.5 Å². The quantitative estimate of drug-likeness (QED) is 0.855. The molecule has 2 amide bonds. The third-order valence-corrected chi connectivity index (χ3v) is 5.38. The lowest BCUT2D eigenvalue weighted by atomic mass is 9.80. The van der Waals surface area contributed by atoms with Crippen molar-refractivity contribution < 1.29 is 14.3 Å². The van der Waals surface area contributed by atoms with Gasteiger partial charge in [-0.1, -0.05) is 25.1 Å². The fourth-order valence-electron chi connectivity index (χ4n) is 3.68. The van der Waals surface area contributed by atoms with Gasteiger partial charge in [0.25, 0.3) is 0 Å². The molecule has 0 radical (unpaired) electrons. The van der Waals surface area contributed by atoms with Gasteiger partial charge >= 0.3 is 0 Å². The number of hydrogen-bond donors (Lipinski definition) is 0. The molecule has 0 saturated carbocycles. The molecule has 0 aromatic heterocycles. The lowest BCUT2D eigenvalue weighted by Crippen LogP contribution is -2.56. The van der Waals surface area contributed by atoms with Crippen LogP contribution in [0.15, 0.2) is 30.3 Å². The van der Waals surface area contributed by atoms with Crippen LogP contribution in [0.3, 0.4) is 0 Å². The van der Waals surface area contributed by atoms with Crippen molar-refractivity contribution in [2.75, 3.05) is 31.7 Å². The molecule has 5 heteroatoms. The van der Waals surface area contributed by atoms with Crippen LogP contribution in [0, 0.1) is 5.41 Å². The third kappa shape index (κ3) is 3.18. The molecule has 5 nitrogen and oxygen atoms in total. The van der Waals surface area contributed by atoms with Gasteiger partial charge in [-0.25, -0.2) is 0 Å². The Morgan fingerprint density at radius 3 is 2.58 bits per heavy atom. The minimum Gasteiger partial charge on any atom is -0.381 e. The standard InChI is InChI=1S/C19H26N2O3/c1-19(10-13-24-14-11-19)18(23)20(2)16-9-6-12-21(17(16)22)15-7-4-3-5-8-15/h3-5,7-8,16H,6,9-14H2,1-2H3/t16-/m1/s1. The molecule has 24 heavy (non-hydrogen) atoms. The van der Waals surface area contributed by atoms with E-state index < -0.39 is 5.41 Å². The molecule has 2 heterocycles. The lowest BCUT2D eigenvalue weighted by Gasteiger charge is -2.41.